The molecule has 1 atom stereocenters. The number of hydrogen-bond acceptors (Lipinski definition) is 4. The monoisotopic (exact) mass is 240 g/mol. The van der Waals surface area contributed by atoms with E-state index in [9.17, 15) is 0 Å². The van der Waals surface area contributed by atoms with Crippen molar-refractivity contribution in [2.75, 3.05) is 6.54 Å². The molecule has 0 aliphatic rings. The average Bonchev–Trinajstić information content (AvgIpc) is 2.60. The Labute approximate surface area is 104 Å². The molecule has 1 heterocycles. The van der Waals surface area contributed by atoms with Crippen LogP contribution in [0.2, 0.25) is 0 Å². The van der Waals surface area contributed by atoms with Gasteiger partial charge in [-0.2, -0.15) is 4.98 Å². The zero-order valence-corrected chi connectivity index (χ0v) is 11.5. The minimum absolute atomic E-state index is 0.104. The lowest BCUT2D eigenvalue weighted by Crippen LogP contribution is -2.42. The lowest BCUT2D eigenvalue weighted by molar-refractivity contribution is 0.161. The van der Waals surface area contributed by atoms with Gasteiger partial charge >= 0.3 is 6.01 Å². The fourth-order valence-corrected chi connectivity index (χ4v) is 1.47. The smallest absolute Gasteiger partial charge is 0.335 e. The molecule has 5 nitrogen and oxygen atoms in total. The molecule has 0 saturated carbocycles. The summed E-state index contributed by atoms with van der Waals surface area (Å²) >= 11 is 0. The Hall–Kier alpha value is -1.10. The van der Waals surface area contributed by atoms with Crippen molar-refractivity contribution in [3.63, 3.8) is 0 Å². The van der Waals surface area contributed by atoms with Crippen LogP contribution in [-0.2, 0) is 7.05 Å². The highest BCUT2D eigenvalue weighted by Crippen LogP contribution is 2.08. The molecule has 0 aliphatic heterocycles. The molecule has 0 aliphatic carbocycles. The minimum Gasteiger partial charge on any atom is -0.458 e. The first-order valence-electron chi connectivity index (χ1n) is 6.18. The quantitative estimate of drug-likeness (QED) is 0.823. The molecular formula is C12H24N4O. The van der Waals surface area contributed by atoms with Crippen LogP contribution in [-0.4, -0.2) is 33.0 Å². The van der Waals surface area contributed by atoms with Gasteiger partial charge in [-0.05, 0) is 27.2 Å². The van der Waals surface area contributed by atoms with Crippen molar-refractivity contribution in [2.45, 2.75) is 52.2 Å². The highest BCUT2D eigenvalue weighted by molar-refractivity contribution is 4.89. The third kappa shape index (κ3) is 5.68. The van der Waals surface area contributed by atoms with Crippen LogP contribution in [0.25, 0.3) is 0 Å². The van der Waals surface area contributed by atoms with Gasteiger partial charge in [0, 0.05) is 19.1 Å². The van der Waals surface area contributed by atoms with E-state index in [0.29, 0.717) is 6.01 Å². The van der Waals surface area contributed by atoms with Gasteiger partial charge in [-0.1, -0.05) is 13.3 Å². The van der Waals surface area contributed by atoms with E-state index in [4.69, 9.17) is 4.74 Å². The summed E-state index contributed by atoms with van der Waals surface area (Å²) in [5, 5.41) is 7.58. The number of aryl methyl sites for hydroxylation is 1. The number of nitrogens with one attached hydrogen (secondary N) is 1. The fourth-order valence-electron chi connectivity index (χ4n) is 1.47. The second-order valence-corrected chi connectivity index (χ2v) is 5.36. The van der Waals surface area contributed by atoms with E-state index in [1.165, 1.54) is 0 Å². The normalized spacial score (nSPS) is 13.7. The number of nitrogens with zero attached hydrogens (tertiary/aromatic N) is 3. The summed E-state index contributed by atoms with van der Waals surface area (Å²) in [5.74, 6) is 0. The Morgan fingerprint density at radius 2 is 2.18 bits per heavy atom. The third-order valence-corrected chi connectivity index (χ3v) is 2.32. The molecule has 5 heteroatoms. The Kier molecular flexibility index (Phi) is 4.93. The summed E-state index contributed by atoms with van der Waals surface area (Å²) in [4.78, 5) is 4.08. The van der Waals surface area contributed by atoms with Gasteiger partial charge < -0.3 is 10.1 Å². The SMILES string of the molecule is CCCC(CNC(C)(C)C)Oc1ncn(C)n1. The van der Waals surface area contributed by atoms with Crippen molar-refractivity contribution < 1.29 is 4.74 Å². The van der Waals surface area contributed by atoms with Crippen LogP contribution >= 0.6 is 0 Å². The van der Waals surface area contributed by atoms with Gasteiger partial charge in [-0.25, -0.2) is 0 Å². The zero-order chi connectivity index (χ0) is 12.9. The van der Waals surface area contributed by atoms with E-state index < -0.39 is 0 Å². The second-order valence-electron chi connectivity index (χ2n) is 5.36. The maximum atomic E-state index is 5.77. The van der Waals surface area contributed by atoms with Crippen LogP contribution in [0.3, 0.4) is 0 Å². The summed E-state index contributed by atoms with van der Waals surface area (Å²) in [6, 6.07) is 0.460. The zero-order valence-electron chi connectivity index (χ0n) is 11.5. The second kappa shape index (κ2) is 6.00. The lowest BCUT2D eigenvalue weighted by atomic mass is 10.1. The molecule has 17 heavy (non-hydrogen) atoms. The van der Waals surface area contributed by atoms with Crippen molar-refractivity contribution in [1.82, 2.24) is 20.1 Å². The molecule has 1 aromatic heterocycles. The van der Waals surface area contributed by atoms with E-state index >= 15 is 0 Å². The van der Waals surface area contributed by atoms with Crippen LogP contribution in [0.4, 0.5) is 0 Å². The standard InChI is InChI=1S/C12H24N4O/c1-6-7-10(8-14-12(2,3)4)17-11-13-9-16(5)15-11/h9-10,14H,6-8H2,1-5H3. The minimum atomic E-state index is 0.104. The van der Waals surface area contributed by atoms with Gasteiger partial charge in [-0.3, -0.25) is 4.68 Å². The van der Waals surface area contributed by atoms with E-state index in [1.807, 2.05) is 7.05 Å². The number of ether oxygens (including phenoxy) is 1. The summed E-state index contributed by atoms with van der Waals surface area (Å²) in [6.45, 7) is 9.41. The molecule has 0 saturated heterocycles. The maximum Gasteiger partial charge on any atom is 0.335 e. The fraction of sp³-hybridized carbons (Fsp3) is 0.833. The van der Waals surface area contributed by atoms with Gasteiger partial charge in [0.1, 0.15) is 12.4 Å². The first-order chi connectivity index (χ1) is 7.90. The Balaban J connectivity index is 2.48. The molecule has 98 valence electrons. The van der Waals surface area contributed by atoms with Gasteiger partial charge in [0.15, 0.2) is 0 Å². The van der Waals surface area contributed by atoms with E-state index in [2.05, 4.69) is 43.1 Å². The molecule has 0 aromatic carbocycles. The third-order valence-electron chi connectivity index (χ3n) is 2.32. The van der Waals surface area contributed by atoms with Crippen LogP contribution in [0.5, 0.6) is 6.01 Å². The van der Waals surface area contributed by atoms with Crippen molar-refractivity contribution in [3.8, 4) is 6.01 Å². The lowest BCUT2D eigenvalue weighted by Gasteiger charge is -2.24. The van der Waals surface area contributed by atoms with E-state index in [-0.39, 0.29) is 11.6 Å². The Morgan fingerprint density at radius 1 is 1.47 bits per heavy atom. The molecule has 1 rings (SSSR count). The first-order valence-corrected chi connectivity index (χ1v) is 6.18. The van der Waals surface area contributed by atoms with Gasteiger partial charge in [0.05, 0.1) is 0 Å². The van der Waals surface area contributed by atoms with Gasteiger partial charge in [0.25, 0.3) is 0 Å². The van der Waals surface area contributed by atoms with Crippen molar-refractivity contribution in [3.05, 3.63) is 6.33 Å². The molecular weight excluding hydrogens is 216 g/mol. The van der Waals surface area contributed by atoms with Crippen molar-refractivity contribution >= 4 is 0 Å². The number of rotatable bonds is 6. The van der Waals surface area contributed by atoms with E-state index in [1.54, 1.807) is 11.0 Å². The van der Waals surface area contributed by atoms with Crippen LogP contribution in [0.1, 0.15) is 40.5 Å². The predicted molar refractivity (Wildman–Crippen MR) is 68.1 cm³/mol. The van der Waals surface area contributed by atoms with Gasteiger partial charge in [0.2, 0.25) is 0 Å². The molecule has 0 fully saturated rings. The largest absolute Gasteiger partial charge is 0.458 e. The highest BCUT2D eigenvalue weighted by Gasteiger charge is 2.16. The number of aromatic nitrogens is 3. The van der Waals surface area contributed by atoms with Crippen LogP contribution < -0.4 is 10.1 Å². The summed E-state index contributed by atoms with van der Waals surface area (Å²) in [6.07, 6.45) is 3.86. The number of hydrogen-bond donors (Lipinski definition) is 1. The van der Waals surface area contributed by atoms with Crippen LogP contribution in [0.15, 0.2) is 6.33 Å². The molecule has 1 aromatic rings. The molecule has 0 bridgehead atoms. The van der Waals surface area contributed by atoms with E-state index in [0.717, 1.165) is 19.4 Å². The highest BCUT2D eigenvalue weighted by atomic mass is 16.5. The first kappa shape index (κ1) is 14.0. The Bertz CT molecular complexity index is 329. The molecule has 0 radical (unpaired) electrons. The Morgan fingerprint density at radius 3 is 2.65 bits per heavy atom. The molecule has 1 N–H and O–H groups in total. The summed E-state index contributed by atoms with van der Waals surface area (Å²) in [7, 11) is 1.84. The maximum absolute atomic E-state index is 5.77. The van der Waals surface area contributed by atoms with Crippen LogP contribution in [0, 0.1) is 0 Å². The molecule has 0 amide bonds. The molecule has 1 unspecified atom stereocenters. The summed E-state index contributed by atoms with van der Waals surface area (Å²) < 4.78 is 7.41. The topological polar surface area (TPSA) is 52.0 Å². The predicted octanol–water partition coefficient (Wildman–Crippen LogP) is 1.75. The van der Waals surface area contributed by atoms with Gasteiger partial charge in [-0.15, -0.1) is 5.10 Å². The average molecular weight is 240 g/mol. The van der Waals surface area contributed by atoms with Crippen molar-refractivity contribution in [1.29, 1.82) is 0 Å². The summed E-state index contributed by atoms with van der Waals surface area (Å²) in [5.41, 5.74) is 0.104. The van der Waals surface area contributed by atoms with Crippen molar-refractivity contribution in [2.24, 2.45) is 7.05 Å². The molecule has 0 spiro atoms.